The Kier molecular flexibility index (Phi) is 12.7. The average Bonchev–Trinajstić information content (AvgIpc) is 2.04. The molecule has 0 bridgehead atoms. The maximum absolute atomic E-state index is 10.3. The molecule has 0 radical (unpaired) electrons. The third-order valence-corrected chi connectivity index (χ3v) is 0.735. The van der Waals surface area contributed by atoms with E-state index in [1.807, 2.05) is 6.92 Å². The van der Waals surface area contributed by atoms with Crippen LogP contribution >= 0.6 is 0 Å². The zero-order valence-electron chi connectivity index (χ0n) is 6.52. The summed E-state index contributed by atoms with van der Waals surface area (Å²) in [6, 6.07) is 0. The van der Waals surface area contributed by atoms with Crippen LogP contribution in [0.1, 0.15) is 13.3 Å². The predicted octanol–water partition coefficient (Wildman–Crippen LogP) is 1.50. The van der Waals surface area contributed by atoms with Crippen molar-refractivity contribution < 1.29 is 4.79 Å². The topological polar surface area (TPSA) is 29.1 Å². The Morgan fingerprint density at radius 2 is 2.10 bits per heavy atom. The van der Waals surface area contributed by atoms with E-state index < -0.39 is 0 Å². The van der Waals surface area contributed by atoms with Gasteiger partial charge in [-0.2, -0.15) is 0 Å². The van der Waals surface area contributed by atoms with Crippen LogP contribution in [-0.2, 0) is 4.79 Å². The van der Waals surface area contributed by atoms with Crippen LogP contribution in [0.25, 0.3) is 0 Å². The van der Waals surface area contributed by atoms with Gasteiger partial charge in [-0.3, -0.25) is 4.79 Å². The molecule has 58 valence electrons. The van der Waals surface area contributed by atoms with Gasteiger partial charge in [0.25, 0.3) is 0 Å². The first-order chi connectivity index (χ1) is 4.81. The third kappa shape index (κ3) is 10.0. The van der Waals surface area contributed by atoms with Gasteiger partial charge in [0.1, 0.15) is 0 Å². The first-order valence-electron chi connectivity index (χ1n) is 3.21. The van der Waals surface area contributed by atoms with Gasteiger partial charge in [-0.25, -0.2) is 0 Å². The molecule has 0 aromatic rings. The standard InChI is InChI=1S/C6H11NO.C2H4/c1-3-5-7-6(8)4-2;1-2/h4H,2-3,5H2,1H3,(H,7,8);1-2H2. The molecule has 0 aliphatic rings. The summed E-state index contributed by atoms with van der Waals surface area (Å²) >= 11 is 0. The molecule has 0 aliphatic carbocycles. The molecule has 0 atom stereocenters. The van der Waals surface area contributed by atoms with Gasteiger partial charge < -0.3 is 5.32 Å². The Morgan fingerprint density at radius 1 is 1.60 bits per heavy atom. The molecule has 0 spiro atoms. The van der Waals surface area contributed by atoms with Crippen molar-refractivity contribution in [3.8, 4) is 0 Å². The summed E-state index contributed by atoms with van der Waals surface area (Å²) in [7, 11) is 0. The van der Waals surface area contributed by atoms with Gasteiger partial charge in [0.2, 0.25) is 5.91 Å². The number of amides is 1. The average molecular weight is 141 g/mol. The Morgan fingerprint density at radius 3 is 2.40 bits per heavy atom. The van der Waals surface area contributed by atoms with Crippen LogP contribution in [0.2, 0.25) is 0 Å². The second-order valence-electron chi connectivity index (χ2n) is 1.50. The first kappa shape index (κ1) is 11.7. The molecule has 0 saturated carbocycles. The van der Waals surface area contributed by atoms with Crippen LogP contribution < -0.4 is 5.32 Å². The van der Waals surface area contributed by atoms with Crippen molar-refractivity contribution in [3.05, 3.63) is 25.8 Å². The summed E-state index contributed by atoms with van der Waals surface area (Å²) in [5.74, 6) is -0.0909. The normalized spacial score (nSPS) is 6.90. The third-order valence-electron chi connectivity index (χ3n) is 0.735. The molecule has 0 aromatic carbocycles. The number of hydrogen-bond donors (Lipinski definition) is 1. The smallest absolute Gasteiger partial charge is 0.243 e. The minimum Gasteiger partial charge on any atom is -0.353 e. The van der Waals surface area contributed by atoms with Gasteiger partial charge in [-0.1, -0.05) is 13.5 Å². The van der Waals surface area contributed by atoms with Crippen LogP contribution in [0.4, 0.5) is 0 Å². The number of hydrogen-bond acceptors (Lipinski definition) is 1. The molecular weight excluding hydrogens is 126 g/mol. The zero-order valence-corrected chi connectivity index (χ0v) is 6.52. The fourth-order valence-corrected chi connectivity index (χ4v) is 0.320. The van der Waals surface area contributed by atoms with Gasteiger partial charge in [0, 0.05) is 6.54 Å². The van der Waals surface area contributed by atoms with E-state index in [0.29, 0.717) is 0 Å². The van der Waals surface area contributed by atoms with Gasteiger partial charge in [0.15, 0.2) is 0 Å². The van der Waals surface area contributed by atoms with E-state index in [-0.39, 0.29) is 5.91 Å². The van der Waals surface area contributed by atoms with Crippen LogP contribution in [0, 0.1) is 0 Å². The molecule has 0 saturated heterocycles. The minimum atomic E-state index is -0.0909. The van der Waals surface area contributed by atoms with Crippen molar-refractivity contribution >= 4 is 5.91 Å². The number of nitrogens with one attached hydrogen (secondary N) is 1. The van der Waals surface area contributed by atoms with E-state index in [0.717, 1.165) is 13.0 Å². The molecule has 0 aromatic heterocycles. The molecule has 1 amide bonds. The van der Waals surface area contributed by atoms with E-state index in [2.05, 4.69) is 25.1 Å². The summed E-state index contributed by atoms with van der Waals surface area (Å²) in [5.41, 5.74) is 0. The Bertz CT molecular complexity index is 99.4. The van der Waals surface area contributed by atoms with Crippen molar-refractivity contribution in [2.24, 2.45) is 0 Å². The van der Waals surface area contributed by atoms with Crippen LogP contribution in [0.3, 0.4) is 0 Å². The monoisotopic (exact) mass is 141 g/mol. The molecule has 10 heavy (non-hydrogen) atoms. The molecule has 1 N–H and O–H groups in total. The van der Waals surface area contributed by atoms with E-state index in [1.54, 1.807) is 0 Å². The van der Waals surface area contributed by atoms with E-state index >= 15 is 0 Å². The molecule has 2 nitrogen and oxygen atoms in total. The van der Waals surface area contributed by atoms with Gasteiger partial charge >= 0.3 is 0 Å². The largest absolute Gasteiger partial charge is 0.353 e. The second kappa shape index (κ2) is 10.8. The van der Waals surface area contributed by atoms with E-state index in [9.17, 15) is 4.79 Å². The molecule has 0 rings (SSSR count). The van der Waals surface area contributed by atoms with E-state index in [1.165, 1.54) is 6.08 Å². The van der Waals surface area contributed by atoms with Gasteiger partial charge in [-0.15, -0.1) is 13.2 Å². The summed E-state index contributed by atoms with van der Waals surface area (Å²) < 4.78 is 0. The highest BCUT2D eigenvalue weighted by atomic mass is 16.1. The quantitative estimate of drug-likeness (QED) is 0.468. The zero-order chi connectivity index (χ0) is 8.41. The maximum Gasteiger partial charge on any atom is 0.243 e. The fraction of sp³-hybridized carbons (Fsp3) is 0.375. The lowest BCUT2D eigenvalue weighted by atomic mass is 10.4. The lowest BCUT2D eigenvalue weighted by molar-refractivity contribution is -0.116. The van der Waals surface area contributed by atoms with Crippen molar-refractivity contribution in [2.75, 3.05) is 6.54 Å². The van der Waals surface area contributed by atoms with Crippen molar-refractivity contribution in [1.29, 1.82) is 0 Å². The lowest BCUT2D eigenvalue weighted by Gasteiger charge is -1.94. The predicted molar refractivity (Wildman–Crippen MR) is 44.8 cm³/mol. The Labute approximate surface area is 62.6 Å². The van der Waals surface area contributed by atoms with Gasteiger partial charge in [0.05, 0.1) is 0 Å². The van der Waals surface area contributed by atoms with Crippen LogP contribution in [0.15, 0.2) is 25.8 Å². The summed E-state index contributed by atoms with van der Waals surface area (Å²) in [5, 5.41) is 2.62. The molecule has 2 heteroatoms. The molecule has 0 fully saturated rings. The SMILES string of the molecule is C=C.C=CC(=O)NCCC. The highest BCUT2D eigenvalue weighted by molar-refractivity contribution is 5.86. The van der Waals surface area contributed by atoms with Crippen molar-refractivity contribution in [3.63, 3.8) is 0 Å². The van der Waals surface area contributed by atoms with Crippen LogP contribution in [-0.4, -0.2) is 12.5 Å². The number of carbonyl (C=O) groups is 1. The highest BCUT2D eigenvalue weighted by Gasteiger charge is 1.86. The van der Waals surface area contributed by atoms with Crippen molar-refractivity contribution in [2.45, 2.75) is 13.3 Å². The molecule has 0 aliphatic heterocycles. The number of rotatable bonds is 3. The molecule has 0 heterocycles. The van der Waals surface area contributed by atoms with Crippen molar-refractivity contribution in [1.82, 2.24) is 5.32 Å². The molecule has 0 unspecified atom stereocenters. The Hall–Kier alpha value is -1.05. The summed E-state index contributed by atoms with van der Waals surface area (Å²) in [6.07, 6.45) is 2.25. The maximum atomic E-state index is 10.3. The summed E-state index contributed by atoms with van der Waals surface area (Å²) in [4.78, 5) is 10.3. The van der Waals surface area contributed by atoms with Gasteiger partial charge in [-0.05, 0) is 12.5 Å². The van der Waals surface area contributed by atoms with Crippen LogP contribution in [0.5, 0.6) is 0 Å². The lowest BCUT2D eigenvalue weighted by Crippen LogP contribution is -2.20. The Balaban J connectivity index is 0. The fourth-order valence-electron chi connectivity index (χ4n) is 0.320. The minimum absolute atomic E-state index is 0.0909. The first-order valence-corrected chi connectivity index (χ1v) is 3.21. The highest BCUT2D eigenvalue weighted by Crippen LogP contribution is 1.70. The summed E-state index contributed by atoms with van der Waals surface area (Å²) in [6.45, 7) is 12.0. The number of carbonyl (C=O) groups excluding carboxylic acids is 1. The van der Waals surface area contributed by atoms with E-state index in [4.69, 9.17) is 0 Å². The second-order valence-corrected chi connectivity index (χ2v) is 1.50. The molecular formula is C8H15NO.